The summed E-state index contributed by atoms with van der Waals surface area (Å²) in [6.07, 6.45) is 1.80. The van der Waals surface area contributed by atoms with Gasteiger partial charge in [-0.3, -0.25) is 4.52 Å². The zero-order valence-electron chi connectivity index (χ0n) is 14.9. The van der Waals surface area contributed by atoms with Gasteiger partial charge in [-0.15, -0.1) is 0 Å². The highest BCUT2D eigenvalue weighted by Crippen LogP contribution is 2.57. The number of nitrogens with zero attached hydrogens (tertiary/aromatic N) is 3. The van der Waals surface area contributed by atoms with Gasteiger partial charge in [0.05, 0.1) is 24.0 Å². The Morgan fingerprint density at radius 3 is 2.54 bits per heavy atom. The van der Waals surface area contributed by atoms with E-state index in [4.69, 9.17) is 22.4 Å². The number of thiazole rings is 1. The average molecular weight is 473 g/mol. The normalized spacial score (nSPS) is 13.8. The van der Waals surface area contributed by atoms with Crippen molar-refractivity contribution in [3.63, 3.8) is 0 Å². The van der Waals surface area contributed by atoms with Crippen LogP contribution in [0.5, 0.6) is 0 Å². The molecule has 0 aliphatic heterocycles. The van der Waals surface area contributed by atoms with Gasteiger partial charge in [-0.2, -0.15) is 8.88 Å². The van der Waals surface area contributed by atoms with Crippen LogP contribution in [0, 0.1) is 20.8 Å². The molecule has 0 aliphatic carbocycles. The highest BCUT2D eigenvalue weighted by molar-refractivity contribution is 7.60. The molecule has 11 nitrogen and oxygen atoms in total. The molecule has 0 saturated carbocycles. The summed E-state index contributed by atoms with van der Waals surface area (Å²) in [5.41, 5.74) is 7.37. The summed E-state index contributed by atoms with van der Waals surface area (Å²) in [7, 11) is -10.0. The van der Waals surface area contributed by atoms with E-state index in [1.807, 2.05) is 0 Å². The number of phosphoric ester groups is 1. The minimum absolute atomic E-state index is 0. The Balaban J connectivity index is 0.00000392. The number of aromatic nitrogens is 3. The van der Waals surface area contributed by atoms with Crippen LogP contribution in [0.2, 0.25) is 0 Å². The van der Waals surface area contributed by atoms with Crippen molar-refractivity contribution in [2.24, 2.45) is 0 Å². The van der Waals surface area contributed by atoms with Crippen molar-refractivity contribution in [3.8, 4) is 0 Å². The van der Waals surface area contributed by atoms with E-state index in [2.05, 4.69) is 18.8 Å². The van der Waals surface area contributed by atoms with Gasteiger partial charge < -0.3 is 32.8 Å². The highest BCUT2D eigenvalue weighted by atomic mass is 35.5. The zero-order valence-corrected chi connectivity index (χ0v) is 18.2. The number of halogens is 1. The third-order valence-corrected chi connectivity index (χ3v) is 6.80. The van der Waals surface area contributed by atoms with Crippen molar-refractivity contribution in [1.82, 2.24) is 9.97 Å². The molecule has 0 saturated heterocycles. The molecule has 2 radical (unpaired) electrons. The lowest BCUT2D eigenvalue weighted by Gasteiger charge is -2.11. The molecule has 0 bridgehead atoms. The molecule has 0 amide bonds. The lowest BCUT2D eigenvalue weighted by Crippen LogP contribution is -3.00. The fourth-order valence-corrected chi connectivity index (χ4v) is 4.81. The first-order valence-electron chi connectivity index (χ1n) is 7.48. The lowest BCUT2D eigenvalue weighted by atomic mass is 10.2. The maximum absolute atomic E-state index is 11.4. The second-order valence-electron chi connectivity index (χ2n) is 5.49. The molecule has 0 aliphatic rings. The Morgan fingerprint density at radius 1 is 1.32 bits per heavy atom. The smallest absolute Gasteiger partial charge is 0.481 e. The Labute approximate surface area is 171 Å². The molecule has 5 N–H and O–H groups in total. The SMILES string of the molecule is [CH]c1sc(CCOP(=O)(O)OP(=O)(O)O)c(C)[n+]1Cc1cnc(C)nc1N.[Cl-]. The van der Waals surface area contributed by atoms with E-state index in [9.17, 15) is 14.0 Å². The van der Waals surface area contributed by atoms with Crippen LogP contribution < -0.4 is 22.7 Å². The number of nitrogens with two attached hydrogens (primary N) is 1. The van der Waals surface area contributed by atoms with Gasteiger partial charge in [0, 0.05) is 19.5 Å². The first-order valence-corrected chi connectivity index (χ1v) is 11.3. The monoisotopic (exact) mass is 472 g/mol. The average Bonchev–Trinajstić information content (AvgIpc) is 2.74. The highest BCUT2D eigenvalue weighted by Gasteiger charge is 2.32. The molecule has 2 aromatic rings. The van der Waals surface area contributed by atoms with E-state index in [-0.39, 0.29) is 25.4 Å². The Kier molecular flexibility index (Phi) is 8.70. The number of anilines is 1. The molecule has 156 valence electrons. The summed E-state index contributed by atoms with van der Waals surface area (Å²) in [5, 5.41) is 0.473. The van der Waals surface area contributed by atoms with Crippen molar-refractivity contribution in [3.05, 3.63) is 40.1 Å². The molecule has 0 fully saturated rings. The van der Waals surface area contributed by atoms with Gasteiger partial charge in [-0.25, -0.2) is 19.1 Å². The molecule has 1 unspecified atom stereocenters. The predicted octanol–water partition coefficient (Wildman–Crippen LogP) is -2.10. The van der Waals surface area contributed by atoms with Crippen LogP contribution in [0.3, 0.4) is 0 Å². The van der Waals surface area contributed by atoms with E-state index in [0.717, 1.165) is 10.6 Å². The van der Waals surface area contributed by atoms with E-state index >= 15 is 0 Å². The van der Waals surface area contributed by atoms with Crippen molar-refractivity contribution >= 4 is 32.8 Å². The standard InChI is InChI=1S/C13H18N4O7P2S.ClH/c1-8-12(4-5-23-26(21,22)24-25(18,19)20)27-10(3)17(8)7-11-6-15-9(2)16-13(11)14;/h3,6H,4-5,7H2,1-2H3,(H4-,14,15,16,18,19,20,21,22);1H. The van der Waals surface area contributed by atoms with Gasteiger partial charge in [-0.05, 0) is 6.92 Å². The summed E-state index contributed by atoms with van der Waals surface area (Å²) in [5.74, 6) is 0.903. The van der Waals surface area contributed by atoms with Crippen LogP contribution in [-0.4, -0.2) is 31.3 Å². The number of rotatable bonds is 8. The van der Waals surface area contributed by atoms with Gasteiger partial charge in [0.25, 0.3) is 0 Å². The van der Waals surface area contributed by atoms with E-state index in [0.29, 0.717) is 28.8 Å². The van der Waals surface area contributed by atoms with E-state index < -0.39 is 15.6 Å². The van der Waals surface area contributed by atoms with Gasteiger partial charge in [-0.1, -0.05) is 11.3 Å². The van der Waals surface area contributed by atoms with Gasteiger partial charge in [0.15, 0.2) is 12.2 Å². The second-order valence-corrected chi connectivity index (χ2v) is 9.43. The van der Waals surface area contributed by atoms with Crippen molar-refractivity contribution in [2.75, 3.05) is 12.3 Å². The summed E-state index contributed by atoms with van der Waals surface area (Å²) in [6.45, 7) is 9.62. The van der Waals surface area contributed by atoms with Crippen LogP contribution >= 0.6 is 27.0 Å². The quantitative estimate of drug-likeness (QED) is 0.247. The fraction of sp³-hybridized carbons (Fsp3) is 0.385. The molecule has 2 aromatic heterocycles. The number of nitrogen functional groups attached to an aromatic ring is 1. The van der Waals surface area contributed by atoms with Crippen LogP contribution in [0.15, 0.2) is 6.20 Å². The van der Waals surface area contributed by atoms with Gasteiger partial charge in [0.1, 0.15) is 11.6 Å². The maximum Gasteiger partial charge on any atom is 0.481 e. The Hall–Kier alpha value is -0.940. The molecule has 2 heterocycles. The molecular weight excluding hydrogens is 454 g/mol. The molecular formula is C13H19ClN4O7P2S. The fourth-order valence-electron chi connectivity index (χ4n) is 2.22. The Bertz CT molecular complexity index is 936. The minimum Gasteiger partial charge on any atom is -1.00 e. The third kappa shape index (κ3) is 7.14. The van der Waals surface area contributed by atoms with Gasteiger partial charge in [0.2, 0.25) is 5.01 Å². The summed E-state index contributed by atoms with van der Waals surface area (Å²) in [4.78, 5) is 35.4. The number of hydrogen-bond acceptors (Lipinski definition) is 8. The topological polar surface area (TPSA) is 169 Å². The summed E-state index contributed by atoms with van der Waals surface area (Å²) in [6, 6.07) is 0. The van der Waals surface area contributed by atoms with Crippen LogP contribution in [0.1, 0.15) is 27.0 Å². The molecule has 0 aromatic carbocycles. The lowest BCUT2D eigenvalue weighted by molar-refractivity contribution is -0.693. The molecule has 1 atom stereocenters. The first kappa shape index (κ1) is 25.1. The van der Waals surface area contributed by atoms with Crippen LogP contribution in [0.4, 0.5) is 5.82 Å². The summed E-state index contributed by atoms with van der Waals surface area (Å²) >= 11 is 1.25. The van der Waals surface area contributed by atoms with Crippen LogP contribution in [0.25, 0.3) is 0 Å². The number of aryl methyl sites for hydroxylation is 1. The maximum atomic E-state index is 11.4. The second kappa shape index (κ2) is 9.71. The number of hydrogen-bond donors (Lipinski definition) is 4. The predicted molar refractivity (Wildman–Crippen MR) is 95.5 cm³/mol. The molecule has 15 heteroatoms. The Morgan fingerprint density at radius 2 is 1.96 bits per heavy atom. The van der Waals surface area contributed by atoms with E-state index in [1.165, 1.54) is 11.3 Å². The number of phosphoric acid groups is 2. The first-order chi connectivity index (χ1) is 12.4. The van der Waals surface area contributed by atoms with Crippen molar-refractivity contribution in [2.45, 2.75) is 26.8 Å². The minimum atomic E-state index is -5.14. The van der Waals surface area contributed by atoms with E-state index in [1.54, 1.807) is 24.6 Å². The van der Waals surface area contributed by atoms with Crippen LogP contribution in [-0.2, 0) is 30.9 Å². The molecule has 28 heavy (non-hydrogen) atoms. The summed E-state index contributed by atoms with van der Waals surface area (Å²) < 4.78 is 32.2. The molecule has 2 rings (SSSR count). The van der Waals surface area contributed by atoms with Gasteiger partial charge >= 0.3 is 15.6 Å². The molecule has 0 spiro atoms. The zero-order chi connectivity index (χ0) is 20.4. The van der Waals surface area contributed by atoms with Crippen molar-refractivity contribution < 1.29 is 49.6 Å². The van der Waals surface area contributed by atoms with Crippen molar-refractivity contribution in [1.29, 1.82) is 0 Å². The third-order valence-electron chi connectivity index (χ3n) is 3.44. The largest absolute Gasteiger partial charge is 1.00 e.